The third kappa shape index (κ3) is 8.87. The lowest BCUT2D eigenvalue weighted by Gasteiger charge is -2.28. The number of benzene rings is 1. The molecule has 1 aromatic rings. The largest absolute Gasteiger partial charge is 0.382 e. The summed E-state index contributed by atoms with van der Waals surface area (Å²) >= 11 is 0. The zero-order chi connectivity index (χ0) is 29.1. The number of halogens is 1. The molecule has 4 amide bonds. The molecule has 0 saturated heterocycles. The van der Waals surface area contributed by atoms with E-state index < -0.39 is 64.1 Å². The second kappa shape index (κ2) is 15.0. The van der Waals surface area contributed by atoms with Gasteiger partial charge in [0.1, 0.15) is 18.1 Å². The van der Waals surface area contributed by atoms with Crippen LogP contribution < -0.4 is 32.7 Å². The van der Waals surface area contributed by atoms with Gasteiger partial charge >= 0.3 is 0 Å². The van der Waals surface area contributed by atoms with Crippen LogP contribution in [-0.2, 0) is 14.4 Å². The van der Waals surface area contributed by atoms with Crippen molar-refractivity contribution in [3.8, 4) is 0 Å². The van der Waals surface area contributed by atoms with E-state index in [0.717, 1.165) is 6.07 Å². The molecule has 0 saturated carbocycles. The Balaban J connectivity index is 2.52. The maximum Gasteiger partial charge on any atom is 0.273 e. The van der Waals surface area contributed by atoms with E-state index in [2.05, 4.69) is 21.3 Å². The van der Waals surface area contributed by atoms with Gasteiger partial charge in [-0.25, -0.2) is 4.39 Å². The fourth-order valence-electron chi connectivity index (χ4n) is 4.25. The molecule has 1 aliphatic rings. The van der Waals surface area contributed by atoms with Crippen molar-refractivity contribution in [1.29, 1.82) is 0 Å². The van der Waals surface area contributed by atoms with Gasteiger partial charge < -0.3 is 32.7 Å². The number of nitrogens with two attached hydrogens (primary N) is 2. The van der Waals surface area contributed by atoms with Crippen LogP contribution in [0.5, 0.6) is 0 Å². The molecule has 39 heavy (non-hydrogen) atoms. The van der Waals surface area contributed by atoms with E-state index in [4.69, 9.17) is 11.5 Å². The lowest BCUT2D eigenvalue weighted by atomic mass is 9.96. The summed E-state index contributed by atoms with van der Waals surface area (Å²) in [6, 6.07) is -1.52. The SMILES string of the molecule is CC[C@H](C)[C@@H]1NC(=O)c2cc([N+](=O)[O-])cc(F)c2NCCCC[C@@H](C(N)=O)NC(=O)[C@H](CCCCN)NC1=O. The Kier molecular flexibility index (Phi) is 12.0. The van der Waals surface area contributed by atoms with E-state index in [9.17, 15) is 33.7 Å². The van der Waals surface area contributed by atoms with Crippen molar-refractivity contribution in [2.75, 3.05) is 18.4 Å². The van der Waals surface area contributed by atoms with Crippen LogP contribution in [0, 0.1) is 21.8 Å². The number of nitrogens with zero attached hydrogens (tertiary/aromatic N) is 1. The van der Waals surface area contributed by atoms with Crippen molar-refractivity contribution in [1.82, 2.24) is 16.0 Å². The van der Waals surface area contributed by atoms with Crippen LogP contribution >= 0.6 is 0 Å². The standard InChI is InChI=1S/C25H38FN7O6/c1-3-14(2)20-25(37)31-19(9-4-6-10-27)24(36)30-18(22(28)34)8-5-7-11-29-21-16(23(35)32-20)12-15(33(38)39)13-17(21)26/h12-14,18-20,29H,3-11,27H2,1-2H3,(H2,28,34)(H,30,36)(H,31,37)(H,32,35)/t14-,18-,19-,20-/m0/s1. The summed E-state index contributed by atoms with van der Waals surface area (Å²) in [4.78, 5) is 62.4. The number of nitrogens with one attached hydrogen (secondary N) is 4. The van der Waals surface area contributed by atoms with E-state index in [1.807, 2.05) is 0 Å². The molecule has 0 unspecified atom stereocenters. The molecule has 0 aromatic heterocycles. The molecule has 8 N–H and O–H groups in total. The number of hydrogen-bond donors (Lipinski definition) is 6. The lowest BCUT2D eigenvalue weighted by Crippen LogP contribution is -2.57. The Bertz CT molecular complexity index is 1070. The minimum absolute atomic E-state index is 0.158. The molecule has 0 spiro atoms. The zero-order valence-electron chi connectivity index (χ0n) is 22.3. The van der Waals surface area contributed by atoms with E-state index in [-0.39, 0.29) is 30.6 Å². The molecule has 14 heteroatoms. The maximum atomic E-state index is 14.9. The van der Waals surface area contributed by atoms with Crippen molar-refractivity contribution in [2.45, 2.75) is 76.9 Å². The number of primary amides is 1. The van der Waals surface area contributed by atoms with Gasteiger partial charge in [0, 0.05) is 12.6 Å². The van der Waals surface area contributed by atoms with Gasteiger partial charge in [0.15, 0.2) is 5.82 Å². The average molecular weight is 552 g/mol. The van der Waals surface area contributed by atoms with Gasteiger partial charge in [0.25, 0.3) is 11.6 Å². The summed E-state index contributed by atoms with van der Waals surface area (Å²) in [7, 11) is 0. The van der Waals surface area contributed by atoms with Crippen molar-refractivity contribution in [2.24, 2.45) is 17.4 Å². The van der Waals surface area contributed by atoms with E-state index in [1.165, 1.54) is 0 Å². The van der Waals surface area contributed by atoms with Crippen molar-refractivity contribution in [3.05, 3.63) is 33.6 Å². The number of amides is 4. The Hall–Kier alpha value is -3.81. The first kappa shape index (κ1) is 31.4. The second-order valence-electron chi connectivity index (χ2n) is 9.68. The first-order valence-electron chi connectivity index (χ1n) is 13.1. The number of carbonyl (C=O) groups excluding carboxylic acids is 4. The summed E-state index contributed by atoms with van der Waals surface area (Å²) in [6.45, 7) is 4.05. The highest BCUT2D eigenvalue weighted by Crippen LogP contribution is 2.27. The third-order valence-corrected chi connectivity index (χ3v) is 6.77. The quantitative estimate of drug-likeness (QED) is 0.156. The van der Waals surface area contributed by atoms with Crippen molar-refractivity contribution in [3.63, 3.8) is 0 Å². The van der Waals surface area contributed by atoms with Gasteiger partial charge in [-0.2, -0.15) is 0 Å². The summed E-state index contributed by atoms with van der Waals surface area (Å²) in [5.41, 5.74) is 9.87. The highest BCUT2D eigenvalue weighted by atomic mass is 19.1. The predicted octanol–water partition coefficient (Wildman–Crippen LogP) is 1.06. The Morgan fingerprint density at radius 3 is 2.49 bits per heavy atom. The summed E-state index contributed by atoms with van der Waals surface area (Å²) < 4.78 is 14.9. The van der Waals surface area contributed by atoms with Crippen LogP contribution in [-0.4, -0.2) is 59.8 Å². The number of nitro groups is 1. The molecule has 0 fully saturated rings. The molecule has 0 aliphatic carbocycles. The Labute approximate surface area is 226 Å². The average Bonchev–Trinajstić information content (AvgIpc) is 2.89. The van der Waals surface area contributed by atoms with Crippen molar-refractivity contribution >= 4 is 35.0 Å². The van der Waals surface area contributed by atoms with E-state index >= 15 is 0 Å². The van der Waals surface area contributed by atoms with Crippen LogP contribution in [0.4, 0.5) is 15.8 Å². The highest BCUT2D eigenvalue weighted by molar-refractivity contribution is 6.03. The smallest absolute Gasteiger partial charge is 0.273 e. The number of nitro benzene ring substituents is 1. The van der Waals surface area contributed by atoms with Crippen molar-refractivity contribution < 1.29 is 28.5 Å². The predicted molar refractivity (Wildman–Crippen MR) is 142 cm³/mol. The van der Waals surface area contributed by atoms with Crippen LogP contribution in [0.2, 0.25) is 0 Å². The van der Waals surface area contributed by atoms with Crippen LogP contribution in [0.25, 0.3) is 0 Å². The molecule has 1 heterocycles. The molecule has 2 rings (SSSR count). The molecular weight excluding hydrogens is 513 g/mol. The van der Waals surface area contributed by atoms with Gasteiger partial charge in [-0.3, -0.25) is 29.3 Å². The lowest BCUT2D eigenvalue weighted by molar-refractivity contribution is -0.385. The normalized spacial score (nSPS) is 21.9. The third-order valence-electron chi connectivity index (χ3n) is 6.77. The zero-order valence-corrected chi connectivity index (χ0v) is 22.3. The topological polar surface area (TPSA) is 212 Å². The first-order valence-corrected chi connectivity index (χ1v) is 13.1. The van der Waals surface area contributed by atoms with Crippen LogP contribution in [0.1, 0.15) is 69.2 Å². The minimum atomic E-state index is -1.15. The number of rotatable bonds is 8. The highest BCUT2D eigenvalue weighted by Gasteiger charge is 2.32. The summed E-state index contributed by atoms with van der Waals surface area (Å²) in [5.74, 6) is -4.30. The fourth-order valence-corrected chi connectivity index (χ4v) is 4.25. The molecule has 0 bridgehead atoms. The summed E-state index contributed by atoms with van der Waals surface area (Å²) in [5, 5.41) is 22.0. The molecule has 4 atom stereocenters. The Morgan fingerprint density at radius 1 is 1.15 bits per heavy atom. The van der Waals surface area contributed by atoms with Gasteiger partial charge in [-0.05, 0) is 51.0 Å². The second-order valence-corrected chi connectivity index (χ2v) is 9.68. The molecule has 1 aliphatic heterocycles. The molecule has 13 nitrogen and oxygen atoms in total. The molecule has 216 valence electrons. The number of anilines is 1. The van der Waals surface area contributed by atoms with Gasteiger partial charge in [0.2, 0.25) is 17.7 Å². The maximum absolute atomic E-state index is 14.9. The number of hydrogen-bond acceptors (Lipinski definition) is 8. The minimum Gasteiger partial charge on any atom is -0.382 e. The Morgan fingerprint density at radius 2 is 1.87 bits per heavy atom. The number of carbonyl (C=O) groups is 4. The van der Waals surface area contributed by atoms with E-state index in [1.54, 1.807) is 13.8 Å². The number of non-ortho nitro benzene ring substituents is 1. The molecule has 0 radical (unpaired) electrons. The number of fused-ring (bicyclic) bond motifs is 1. The van der Waals surface area contributed by atoms with E-state index in [0.29, 0.717) is 44.7 Å². The molecule has 1 aromatic carbocycles. The summed E-state index contributed by atoms with van der Waals surface area (Å²) in [6.07, 6.45) is 2.79. The number of unbranched alkanes of at least 4 members (excludes halogenated alkanes) is 1. The fraction of sp³-hybridized carbons (Fsp3) is 0.600. The first-order chi connectivity index (χ1) is 18.5. The van der Waals surface area contributed by atoms with Gasteiger partial charge in [0.05, 0.1) is 22.2 Å². The van der Waals surface area contributed by atoms with Crippen LogP contribution in [0.15, 0.2) is 12.1 Å². The van der Waals surface area contributed by atoms with Gasteiger partial charge in [-0.1, -0.05) is 20.3 Å². The van der Waals surface area contributed by atoms with Gasteiger partial charge in [-0.15, -0.1) is 0 Å². The molecular formula is C25H38FN7O6. The monoisotopic (exact) mass is 551 g/mol. The van der Waals surface area contributed by atoms with Crippen LogP contribution in [0.3, 0.4) is 0 Å².